The van der Waals surface area contributed by atoms with Gasteiger partial charge < -0.3 is 9.84 Å². The largest absolute Gasteiger partial charge is 0.515 e. The molecule has 0 spiro atoms. The highest BCUT2D eigenvalue weighted by atomic mass is 16.6. The first-order valence-electron chi connectivity index (χ1n) is 3.55. The molecule has 1 aliphatic heterocycles. The minimum Gasteiger partial charge on any atom is -0.515 e. The van der Waals surface area contributed by atoms with Crippen molar-refractivity contribution in [2.75, 3.05) is 0 Å². The summed E-state index contributed by atoms with van der Waals surface area (Å²) >= 11 is 0. The van der Waals surface area contributed by atoms with Crippen LogP contribution < -0.4 is 0 Å². The molecule has 0 bridgehead atoms. The maximum Gasteiger partial charge on any atom is 0.338 e. The molecule has 2 atom stereocenters. The molecule has 0 aromatic carbocycles. The number of carbonyl (C=O) groups excluding carboxylic acids is 1. The van der Waals surface area contributed by atoms with E-state index in [0.717, 1.165) is 12.7 Å². The van der Waals surface area contributed by atoms with Crippen LogP contribution >= 0.6 is 0 Å². The fraction of sp³-hybridized carbons (Fsp3) is 0.375. The normalized spacial score (nSPS) is 37.8. The Morgan fingerprint density at radius 1 is 1.73 bits per heavy atom. The standard InChI is InChI=1S/C8H8O3/c9-4-6-5-2-1-3-7(5)11-8(6)10/h1-2,4-5,7,9H,3H2. The molecular formula is C8H8O3. The van der Waals surface area contributed by atoms with Gasteiger partial charge in [0.25, 0.3) is 0 Å². The van der Waals surface area contributed by atoms with E-state index in [1.807, 2.05) is 12.2 Å². The molecule has 1 fully saturated rings. The third-order valence-electron chi connectivity index (χ3n) is 2.10. The molecule has 1 heterocycles. The molecule has 58 valence electrons. The lowest BCUT2D eigenvalue weighted by Crippen LogP contribution is -2.08. The van der Waals surface area contributed by atoms with Crippen molar-refractivity contribution in [1.29, 1.82) is 0 Å². The molecule has 2 unspecified atom stereocenters. The molecule has 0 saturated carbocycles. The monoisotopic (exact) mass is 152 g/mol. The molecule has 3 nitrogen and oxygen atoms in total. The van der Waals surface area contributed by atoms with Crippen LogP contribution in [0.3, 0.4) is 0 Å². The second kappa shape index (κ2) is 2.12. The van der Waals surface area contributed by atoms with Crippen molar-refractivity contribution in [2.45, 2.75) is 12.5 Å². The number of hydrogen-bond acceptors (Lipinski definition) is 3. The Balaban J connectivity index is 2.33. The van der Waals surface area contributed by atoms with Crippen LogP contribution in [0, 0.1) is 5.92 Å². The van der Waals surface area contributed by atoms with E-state index in [2.05, 4.69) is 0 Å². The molecule has 2 rings (SSSR count). The summed E-state index contributed by atoms with van der Waals surface area (Å²) in [5.41, 5.74) is 0.378. The van der Waals surface area contributed by atoms with Gasteiger partial charge in [0.2, 0.25) is 0 Å². The predicted molar refractivity (Wildman–Crippen MR) is 37.8 cm³/mol. The molecule has 0 amide bonds. The number of carbonyl (C=O) groups is 1. The fourth-order valence-electron chi connectivity index (χ4n) is 1.54. The first-order valence-corrected chi connectivity index (χ1v) is 3.55. The first-order chi connectivity index (χ1) is 5.33. The zero-order valence-electron chi connectivity index (χ0n) is 5.86. The van der Waals surface area contributed by atoms with E-state index in [1.54, 1.807) is 0 Å². The highest BCUT2D eigenvalue weighted by molar-refractivity contribution is 5.92. The van der Waals surface area contributed by atoms with Crippen molar-refractivity contribution >= 4 is 5.97 Å². The van der Waals surface area contributed by atoms with E-state index in [-0.39, 0.29) is 18.0 Å². The topological polar surface area (TPSA) is 46.5 Å². The van der Waals surface area contributed by atoms with Crippen molar-refractivity contribution in [1.82, 2.24) is 0 Å². The summed E-state index contributed by atoms with van der Waals surface area (Å²) in [4.78, 5) is 10.9. The lowest BCUT2D eigenvalue weighted by molar-refractivity contribution is -0.138. The van der Waals surface area contributed by atoms with Gasteiger partial charge in [-0.15, -0.1) is 0 Å². The van der Waals surface area contributed by atoms with E-state index in [0.29, 0.717) is 5.57 Å². The van der Waals surface area contributed by atoms with Crippen molar-refractivity contribution in [2.24, 2.45) is 5.92 Å². The molecule has 3 heteroatoms. The van der Waals surface area contributed by atoms with Crippen LogP contribution in [0.5, 0.6) is 0 Å². The van der Waals surface area contributed by atoms with E-state index < -0.39 is 0 Å². The molecule has 0 radical (unpaired) electrons. The Morgan fingerprint density at radius 3 is 3.27 bits per heavy atom. The quantitative estimate of drug-likeness (QED) is 0.243. The van der Waals surface area contributed by atoms with Gasteiger partial charge in [0.1, 0.15) is 6.10 Å². The maximum atomic E-state index is 10.9. The zero-order valence-corrected chi connectivity index (χ0v) is 5.86. The number of hydrogen-bond donors (Lipinski definition) is 1. The summed E-state index contributed by atoms with van der Waals surface area (Å²) in [6.45, 7) is 0. The molecule has 0 aromatic heterocycles. The molecule has 1 aliphatic carbocycles. The maximum absolute atomic E-state index is 10.9. The van der Waals surface area contributed by atoms with Gasteiger partial charge in [0, 0.05) is 12.3 Å². The lowest BCUT2D eigenvalue weighted by Gasteiger charge is -2.03. The third kappa shape index (κ3) is 0.770. The lowest BCUT2D eigenvalue weighted by atomic mass is 10.0. The SMILES string of the molecule is O=C1OC2CC=CC2C1=CO. The van der Waals surface area contributed by atoms with Gasteiger partial charge in [-0.3, -0.25) is 0 Å². The van der Waals surface area contributed by atoms with E-state index in [9.17, 15) is 4.79 Å². The van der Waals surface area contributed by atoms with E-state index in [1.165, 1.54) is 0 Å². The predicted octanol–water partition coefficient (Wildman–Crippen LogP) is 0.930. The Morgan fingerprint density at radius 2 is 2.55 bits per heavy atom. The minimum atomic E-state index is -0.383. The van der Waals surface area contributed by atoms with Crippen LogP contribution in [0.15, 0.2) is 24.0 Å². The number of rotatable bonds is 0. The molecule has 1 saturated heterocycles. The molecule has 11 heavy (non-hydrogen) atoms. The van der Waals surface area contributed by atoms with Crippen LogP contribution in [0.1, 0.15) is 6.42 Å². The number of esters is 1. The summed E-state index contributed by atoms with van der Waals surface area (Å²) in [6, 6.07) is 0. The molecule has 1 N–H and O–H groups in total. The highest BCUT2D eigenvalue weighted by Gasteiger charge is 2.40. The summed E-state index contributed by atoms with van der Waals surface area (Å²) in [7, 11) is 0. The zero-order chi connectivity index (χ0) is 7.84. The number of aliphatic hydroxyl groups excluding tert-OH is 1. The Labute approximate surface area is 64.0 Å². The first kappa shape index (κ1) is 6.46. The second-order valence-corrected chi connectivity index (χ2v) is 2.72. The summed E-state index contributed by atoms with van der Waals surface area (Å²) < 4.78 is 4.96. The average Bonchev–Trinajstić information content (AvgIpc) is 2.46. The van der Waals surface area contributed by atoms with Gasteiger partial charge >= 0.3 is 5.97 Å². The molecule has 0 aromatic rings. The average molecular weight is 152 g/mol. The minimum absolute atomic E-state index is 0.00694. The summed E-state index contributed by atoms with van der Waals surface area (Å²) in [5.74, 6) is -0.389. The molecular weight excluding hydrogens is 144 g/mol. The second-order valence-electron chi connectivity index (χ2n) is 2.72. The van der Waals surface area contributed by atoms with E-state index in [4.69, 9.17) is 9.84 Å². The van der Waals surface area contributed by atoms with Gasteiger partial charge in [-0.1, -0.05) is 12.2 Å². The van der Waals surface area contributed by atoms with Crippen LogP contribution in [-0.4, -0.2) is 17.2 Å². The summed E-state index contributed by atoms with van der Waals surface area (Å²) in [6.07, 6.45) is 5.43. The van der Waals surface area contributed by atoms with Gasteiger partial charge in [-0.25, -0.2) is 4.79 Å². The number of aliphatic hydroxyl groups is 1. The molecule has 2 aliphatic rings. The van der Waals surface area contributed by atoms with Crippen molar-refractivity contribution < 1.29 is 14.6 Å². The van der Waals surface area contributed by atoms with Crippen LogP contribution in [-0.2, 0) is 9.53 Å². The van der Waals surface area contributed by atoms with Crippen molar-refractivity contribution in [3.8, 4) is 0 Å². The highest BCUT2D eigenvalue weighted by Crippen LogP contribution is 2.34. The van der Waals surface area contributed by atoms with Gasteiger partial charge in [-0.05, 0) is 0 Å². The van der Waals surface area contributed by atoms with Gasteiger partial charge in [0.05, 0.1) is 11.8 Å². The van der Waals surface area contributed by atoms with Crippen LogP contribution in [0.4, 0.5) is 0 Å². The van der Waals surface area contributed by atoms with Crippen LogP contribution in [0.25, 0.3) is 0 Å². The van der Waals surface area contributed by atoms with Gasteiger partial charge in [-0.2, -0.15) is 0 Å². The fourth-order valence-corrected chi connectivity index (χ4v) is 1.54. The number of ether oxygens (including phenoxy) is 1. The summed E-state index contributed by atoms with van der Waals surface area (Å²) in [5, 5.41) is 8.69. The van der Waals surface area contributed by atoms with Gasteiger partial charge in [0.15, 0.2) is 0 Å². The Hall–Kier alpha value is -1.25. The van der Waals surface area contributed by atoms with Crippen LogP contribution in [0.2, 0.25) is 0 Å². The van der Waals surface area contributed by atoms with E-state index >= 15 is 0 Å². The Kier molecular flexibility index (Phi) is 1.24. The van der Waals surface area contributed by atoms with Crippen molar-refractivity contribution in [3.05, 3.63) is 24.0 Å². The number of fused-ring (bicyclic) bond motifs is 1. The smallest absolute Gasteiger partial charge is 0.338 e. The Bertz CT molecular complexity index is 252. The van der Waals surface area contributed by atoms with Crippen molar-refractivity contribution in [3.63, 3.8) is 0 Å². The third-order valence-corrected chi connectivity index (χ3v) is 2.10.